The van der Waals surface area contributed by atoms with Gasteiger partial charge >= 0.3 is 41.9 Å². The number of nitrogens with zero attached hydrogens (tertiary/aromatic N) is 2. The molecule has 1 aromatic heterocycles. The zero-order chi connectivity index (χ0) is 18.1. The van der Waals surface area contributed by atoms with Gasteiger partial charge in [0.15, 0.2) is 0 Å². The van der Waals surface area contributed by atoms with Gasteiger partial charge in [0.2, 0.25) is 0 Å². The van der Waals surface area contributed by atoms with Gasteiger partial charge in [-0.1, -0.05) is 18.6 Å². The molecule has 0 bridgehead atoms. The summed E-state index contributed by atoms with van der Waals surface area (Å²) >= 11 is 1.74. The van der Waals surface area contributed by atoms with E-state index in [2.05, 4.69) is 60.3 Å². The minimum Gasteiger partial charge on any atom is -1.00 e. The fraction of sp³-hybridized carbons (Fsp3) is 0.143. The molecule has 4 rings (SSSR count). The molecule has 0 aliphatic carbocycles. The van der Waals surface area contributed by atoms with E-state index >= 15 is 0 Å². The average molecular weight is 493 g/mol. The van der Waals surface area contributed by atoms with Gasteiger partial charge in [0, 0.05) is 18.0 Å². The number of fused-ring (bicyclic) bond motifs is 1. The van der Waals surface area contributed by atoms with Crippen LogP contribution in [-0.4, -0.2) is 15.4 Å². The van der Waals surface area contributed by atoms with Crippen molar-refractivity contribution in [2.24, 2.45) is 0 Å². The fourth-order valence-electron chi connectivity index (χ4n) is 2.40. The molecule has 0 atom stereocenters. The van der Waals surface area contributed by atoms with Crippen molar-refractivity contribution >= 4 is 16.2 Å². The van der Waals surface area contributed by atoms with E-state index in [-0.39, 0.29) is 30.2 Å². The third-order valence-corrected chi connectivity index (χ3v) is 3.32. The topological polar surface area (TPSA) is 25.8 Å². The van der Waals surface area contributed by atoms with Crippen LogP contribution in [0.5, 0.6) is 0 Å². The molecule has 0 aliphatic rings. The summed E-state index contributed by atoms with van der Waals surface area (Å²) in [5, 5.41) is 2.55. The van der Waals surface area contributed by atoms with Gasteiger partial charge in [-0.05, 0) is 0 Å². The number of rotatable bonds is 1. The third kappa shape index (κ3) is 9.12. The Balaban J connectivity index is 0.000000518. The smallest absolute Gasteiger partial charge is 0.115 e. The van der Waals surface area contributed by atoms with Gasteiger partial charge in [-0.2, -0.15) is 24.3 Å². The van der Waals surface area contributed by atoms with Gasteiger partial charge in [-0.25, -0.2) is 22.1 Å². The van der Waals surface area contributed by atoms with Gasteiger partial charge in [0.25, 0.3) is 0 Å². The van der Waals surface area contributed by atoms with Crippen LogP contribution >= 0.6 is 0 Å². The molecular formula is C21H22Cl2N2SiZr-2. The maximum atomic E-state index is 4.06. The molecule has 0 amide bonds. The number of halogens is 2. The molecule has 0 N–H and O–H groups in total. The molecule has 0 unspecified atom stereocenters. The number of hydrogen-bond acceptors (Lipinski definition) is 2. The first-order chi connectivity index (χ1) is 12.1. The second-order valence-electron chi connectivity index (χ2n) is 5.93. The molecule has 0 radical (unpaired) electrons. The quantitative estimate of drug-likeness (QED) is 0.265. The Bertz CT molecular complexity index is 885. The second-order valence-corrected chi connectivity index (χ2v) is 15.3. The minimum absolute atomic E-state index is 0. The van der Waals surface area contributed by atoms with Crippen LogP contribution < -0.4 is 24.8 Å². The van der Waals surface area contributed by atoms with Crippen LogP contribution in [0.3, 0.4) is 0 Å². The zero-order valence-corrected chi connectivity index (χ0v) is 20.6. The first-order valence-corrected chi connectivity index (χ1v) is 14.4. The molecule has 0 saturated carbocycles. The minimum atomic E-state index is 0. The van der Waals surface area contributed by atoms with Gasteiger partial charge in [0.1, 0.15) is 6.33 Å². The van der Waals surface area contributed by atoms with E-state index in [4.69, 9.17) is 0 Å². The van der Waals surface area contributed by atoms with Crippen molar-refractivity contribution in [3.05, 3.63) is 84.9 Å². The Labute approximate surface area is 189 Å². The molecule has 0 saturated heterocycles. The molecule has 0 spiro atoms. The standard InChI is InChI=1S/C14H11N2.C5H5.C2H6Si.2ClH.Zr/c1-10-5-11-3-2-4-13(14(11)6-10)12-7-15-9-16-8-12;1-2-4-5-3-1;1-3-2;;;/h2-9H,1H3;1-5H;1-2H3;2*1H;/q2*-1;;;;+2/p-2. The summed E-state index contributed by atoms with van der Waals surface area (Å²) in [5.74, 6) is 0. The number of aryl methyl sites for hydroxylation is 1. The van der Waals surface area contributed by atoms with Crippen molar-refractivity contribution < 1.29 is 48.1 Å². The van der Waals surface area contributed by atoms with E-state index < -0.39 is 0 Å². The van der Waals surface area contributed by atoms with Crippen molar-refractivity contribution in [2.45, 2.75) is 20.0 Å². The van der Waals surface area contributed by atoms with E-state index in [0.717, 1.165) is 5.56 Å². The molecule has 3 aromatic carbocycles. The summed E-state index contributed by atoms with van der Waals surface area (Å²) in [5.41, 5.74) is 3.77. The maximum absolute atomic E-state index is 4.06. The molecule has 2 nitrogen and oxygen atoms in total. The van der Waals surface area contributed by atoms with Gasteiger partial charge < -0.3 is 24.8 Å². The molecule has 140 valence electrons. The summed E-state index contributed by atoms with van der Waals surface area (Å²) < 4.78 is 0. The van der Waals surface area contributed by atoms with Crippen molar-refractivity contribution in [2.75, 3.05) is 0 Å². The van der Waals surface area contributed by atoms with Crippen molar-refractivity contribution in [3.63, 3.8) is 0 Å². The largest absolute Gasteiger partial charge is 1.00 e. The summed E-state index contributed by atoms with van der Waals surface area (Å²) in [6.45, 7) is 6.73. The molecule has 0 fully saturated rings. The Morgan fingerprint density at radius 3 is 2.07 bits per heavy atom. The Hall–Kier alpha value is -1.06. The van der Waals surface area contributed by atoms with Crippen LogP contribution in [0.15, 0.2) is 79.4 Å². The summed E-state index contributed by atoms with van der Waals surface area (Å²) in [7, 11) is 0. The first kappa shape index (κ1) is 25.9. The van der Waals surface area contributed by atoms with E-state index in [9.17, 15) is 0 Å². The SMILES string of the molecule is C[Si](C)=[Zr+2].Cc1cc2c(-c3cncnc3)cccc2[cH-]1.[Cl-].[Cl-].c1cc[cH-]c1. The zero-order valence-electron chi connectivity index (χ0n) is 15.7. The van der Waals surface area contributed by atoms with Gasteiger partial charge in [0.05, 0.1) is 0 Å². The molecular weight excluding hydrogens is 470 g/mol. The molecule has 1 heterocycles. The van der Waals surface area contributed by atoms with Crippen LogP contribution in [0.4, 0.5) is 0 Å². The molecule has 0 aliphatic heterocycles. The maximum Gasteiger partial charge on any atom is 0.115 e. The van der Waals surface area contributed by atoms with Crippen LogP contribution in [0.1, 0.15) is 5.56 Å². The van der Waals surface area contributed by atoms with Crippen molar-refractivity contribution in [1.29, 1.82) is 0 Å². The summed E-state index contributed by atoms with van der Waals surface area (Å²) in [6.07, 6.45) is 5.26. The van der Waals surface area contributed by atoms with E-state index in [0.29, 0.717) is 0 Å². The molecule has 27 heavy (non-hydrogen) atoms. The average Bonchev–Trinajstić information content (AvgIpc) is 3.26. The fourth-order valence-corrected chi connectivity index (χ4v) is 2.40. The second kappa shape index (κ2) is 14.0. The van der Waals surface area contributed by atoms with Crippen LogP contribution in [-0.2, 0) is 23.3 Å². The predicted octanol–water partition coefficient (Wildman–Crippen LogP) is -0.478. The van der Waals surface area contributed by atoms with Crippen LogP contribution in [0.25, 0.3) is 21.9 Å². The van der Waals surface area contributed by atoms with Crippen molar-refractivity contribution in [1.82, 2.24) is 9.97 Å². The Morgan fingerprint density at radius 1 is 0.963 bits per heavy atom. The predicted molar refractivity (Wildman–Crippen MR) is 105 cm³/mol. The summed E-state index contributed by atoms with van der Waals surface area (Å²) in [4.78, 5) is 8.13. The third-order valence-electron chi connectivity index (χ3n) is 3.32. The van der Waals surface area contributed by atoms with E-state index in [1.807, 2.05) is 42.7 Å². The van der Waals surface area contributed by atoms with Crippen molar-refractivity contribution in [3.8, 4) is 11.1 Å². The van der Waals surface area contributed by atoms with E-state index in [1.54, 1.807) is 29.7 Å². The van der Waals surface area contributed by atoms with Crippen LogP contribution in [0, 0.1) is 6.92 Å². The Kier molecular flexibility index (Phi) is 13.5. The molecule has 6 heteroatoms. The number of benzene rings is 1. The van der Waals surface area contributed by atoms with Gasteiger partial charge in [-0.15, -0.1) is 34.5 Å². The Morgan fingerprint density at radius 2 is 1.56 bits per heavy atom. The molecule has 4 aromatic rings. The monoisotopic (exact) mass is 490 g/mol. The normalized spacial score (nSPS) is 8.93. The van der Waals surface area contributed by atoms with Crippen LogP contribution in [0.2, 0.25) is 13.1 Å². The van der Waals surface area contributed by atoms with Gasteiger partial charge in [-0.3, -0.25) is 0 Å². The summed E-state index contributed by atoms with van der Waals surface area (Å²) in [6, 6.07) is 20.7. The first-order valence-electron chi connectivity index (χ1n) is 8.18. The number of hydrogen-bond donors (Lipinski definition) is 0. The van der Waals surface area contributed by atoms with E-state index in [1.165, 1.54) is 21.9 Å². The number of aromatic nitrogens is 2.